The minimum atomic E-state index is -0.179. The van der Waals surface area contributed by atoms with Gasteiger partial charge in [-0.2, -0.15) is 0 Å². The van der Waals surface area contributed by atoms with E-state index in [1.165, 1.54) is 6.92 Å². The second-order valence-electron chi connectivity index (χ2n) is 3.77. The van der Waals surface area contributed by atoms with E-state index in [-0.39, 0.29) is 5.97 Å². The zero-order valence-electron chi connectivity index (χ0n) is 9.88. The van der Waals surface area contributed by atoms with Gasteiger partial charge < -0.3 is 9.64 Å². The molecule has 0 bridgehead atoms. The molecule has 0 fully saturated rings. The van der Waals surface area contributed by atoms with Crippen molar-refractivity contribution in [3.05, 3.63) is 0 Å². The summed E-state index contributed by atoms with van der Waals surface area (Å²) in [4.78, 5) is 12.9. The highest BCUT2D eigenvalue weighted by Crippen LogP contribution is 2.01. The second-order valence-corrected chi connectivity index (χ2v) is 3.77. The molecular weight excluding hydrogens is 178 g/mol. The molecule has 0 amide bonds. The van der Waals surface area contributed by atoms with Crippen molar-refractivity contribution in [3.8, 4) is 0 Å². The van der Waals surface area contributed by atoms with Gasteiger partial charge in [-0.05, 0) is 39.8 Å². The molecule has 3 heteroatoms. The normalized spacial score (nSPS) is 11.0. The summed E-state index contributed by atoms with van der Waals surface area (Å²) >= 11 is 0. The Morgan fingerprint density at radius 1 is 1.36 bits per heavy atom. The van der Waals surface area contributed by atoms with Crippen molar-refractivity contribution < 1.29 is 9.53 Å². The first-order valence-corrected chi connectivity index (χ1v) is 5.45. The van der Waals surface area contributed by atoms with Gasteiger partial charge in [-0.1, -0.05) is 6.92 Å². The summed E-state index contributed by atoms with van der Waals surface area (Å²) in [7, 11) is 0. The highest BCUT2D eigenvalue weighted by Gasteiger charge is 2.05. The van der Waals surface area contributed by atoms with Gasteiger partial charge in [0, 0.05) is 13.0 Å². The molecule has 0 N–H and O–H groups in total. The molecule has 0 radical (unpaired) electrons. The Bertz CT molecular complexity index is 157. The lowest BCUT2D eigenvalue weighted by Crippen LogP contribution is -2.31. The molecule has 0 rings (SSSR count). The standard InChI is InChI=1S/C11H23NO2/c1-5-12(10(2)3)8-6-7-9-14-11(4)13/h10H,5-9H2,1-4H3. The van der Waals surface area contributed by atoms with Crippen molar-refractivity contribution in [1.82, 2.24) is 4.90 Å². The van der Waals surface area contributed by atoms with E-state index >= 15 is 0 Å². The Kier molecular flexibility index (Phi) is 7.48. The molecule has 0 spiro atoms. The van der Waals surface area contributed by atoms with Crippen molar-refractivity contribution >= 4 is 5.97 Å². The Hall–Kier alpha value is -0.570. The van der Waals surface area contributed by atoms with Crippen LogP contribution in [0.15, 0.2) is 0 Å². The zero-order chi connectivity index (χ0) is 11.0. The van der Waals surface area contributed by atoms with Crippen LogP contribution in [0.5, 0.6) is 0 Å². The quantitative estimate of drug-likeness (QED) is 0.466. The first kappa shape index (κ1) is 13.4. The monoisotopic (exact) mass is 201 g/mol. The molecule has 0 unspecified atom stereocenters. The predicted molar refractivity (Wildman–Crippen MR) is 58.3 cm³/mol. The zero-order valence-corrected chi connectivity index (χ0v) is 9.88. The Morgan fingerprint density at radius 3 is 2.43 bits per heavy atom. The maximum Gasteiger partial charge on any atom is 0.302 e. The largest absolute Gasteiger partial charge is 0.466 e. The smallest absolute Gasteiger partial charge is 0.302 e. The van der Waals surface area contributed by atoms with Crippen molar-refractivity contribution in [2.75, 3.05) is 19.7 Å². The highest BCUT2D eigenvalue weighted by atomic mass is 16.5. The lowest BCUT2D eigenvalue weighted by molar-refractivity contribution is -0.141. The van der Waals surface area contributed by atoms with Crippen LogP contribution in [0.1, 0.15) is 40.5 Å². The molecule has 0 aliphatic carbocycles. The first-order valence-electron chi connectivity index (χ1n) is 5.45. The van der Waals surface area contributed by atoms with Crippen LogP contribution < -0.4 is 0 Å². The lowest BCUT2D eigenvalue weighted by Gasteiger charge is -2.24. The van der Waals surface area contributed by atoms with Gasteiger partial charge >= 0.3 is 5.97 Å². The SMILES string of the molecule is CCN(CCCCOC(C)=O)C(C)C. The topological polar surface area (TPSA) is 29.5 Å². The van der Waals surface area contributed by atoms with Crippen LogP contribution in [0.25, 0.3) is 0 Å². The van der Waals surface area contributed by atoms with Crippen LogP contribution in [0.3, 0.4) is 0 Å². The van der Waals surface area contributed by atoms with Gasteiger partial charge in [0.2, 0.25) is 0 Å². The number of rotatable bonds is 7. The number of unbranched alkanes of at least 4 members (excludes halogenated alkanes) is 1. The molecule has 84 valence electrons. The van der Waals surface area contributed by atoms with Gasteiger partial charge in [-0.3, -0.25) is 4.79 Å². The highest BCUT2D eigenvalue weighted by molar-refractivity contribution is 5.65. The average molecular weight is 201 g/mol. The maximum atomic E-state index is 10.5. The first-order chi connectivity index (χ1) is 6.57. The summed E-state index contributed by atoms with van der Waals surface area (Å²) in [5.74, 6) is -0.179. The number of nitrogens with zero attached hydrogens (tertiary/aromatic N) is 1. The van der Waals surface area contributed by atoms with Crippen molar-refractivity contribution in [2.45, 2.75) is 46.6 Å². The van der Waals surface area contributed by atoms with Gasteiger partial charge in [-0.15, -0.1) is 0 Å². The fraction of sp³-hybridized carbons (Fsp3) is 0.909. The Labute approximate surface area is 87.4 Å². The number of carbonyl (C=O) groups excluding carboxylic acids is 1. The van der Waals surface area contributed by atoms with E-state index in [1.807, 2.05) is 0 Å². The van der Waals surface area contributed by atoms with Crippen molar-refractivity contribution in [3.63, 3.8) is 0 Å². The fourth-order valence-electron chi connectivity index (χ4n) is 1.41. The lowest BCUT2D eigenvalue weighted by atomic mass is 10.2. The van der Waals surface area contributed by atoms with Crippen LogP contribution in [-0.4, -0.2) is 36.6 Å². The molecule has 3 nitrogen and oxygen atoms in total. The third-order valence-corrected chi connectivity index (χ3v) is 2.28. The molecule has 0 aromatic rings. The van der Waals surface area contributed by atoms with E-state index in [2.05, 4.69) is 25.7 Å². The van der Waals surface area contributed by atoms with E-state index in [9.17, 15) is 4.79 Å². The van der Waals surface area contributed by atoms with E-state index in [1.54, 1.807) is 0 Å². The summed E-state index contributed by atoms with van der Waals surface area (Å²) in [5, 5.41) is 0. The fourth-order valence-corrected chi connectivity index (χ4v) is 1.41. The van der Waals surface area contributed by atoms with Crippen LogP contribution in [0.4, 0.5) is 0 Å². The Morgan fingerprint density at radius 2 is 2.00 bits per heavy atom. The van der Waals surface area contributed by atoms with Crippen molar-refractivity contribution in [1.29, 1.82) is 0 Å². The minimum absolute atomic E-state index is 0.179. The third kappa shape index (κ3) is 6.89. The molecule has 0 aromatic heterocycles. The van der Waals surface area contributed by atoms with Gasteiger partial charge in [-0.25, -0.2) is 0 Å². The molecule has 0 saturated heterocycles. The third-order valence-electron chi connectivity index (χ3n) is 2.28. The summed E-state index contributed by atoms with van der Waals surface area (Å²) in [5.41, 5.74) is 0. The van der Waals surface area contributed by atoms with Crippen LogP contribution in [0.2, 0.25) is 0 Å². The van der Waals surface area contributed by atoms with Gasteiger partial charge in [0.05, 0.1) is 6.61 Å². The number of hydrogen-bond acceptors (Lipinski definition) is 3. The van der Waals surface area contributed by atoms with E-state index in [0.717, 1.165) is 25.9 Å². The van der Waals surface area contributed by atoms with Gasteiger partial charge in [0.15, 0.2) is 0 Å². The number of hydrogen-bond donors (Lipinski definition) is 0. The van der Waals surface area contributed by atoms with Crippen molar-refractivity contribution in [2.24, 2.45) is 0 Å². The van der Waals surface area contributed by atoms with Gasteiger partial charge in [0.1, 0.15) is 0 Å². The molecule has 0 saturated carbocycles. The average Bonchev–Trinajstić information content (AvgIpc) is 2.10. The summed E-state index contributed by atoms with van der Waals surface area (Å²) in [6.45, 7) is 10.8. The molecule has 0 aromatic carbocycles. The molecule has 0 heterocycles. The molecule has 0 atom stereocenters. The number of ether oxygens (including phenoxy) is 1. The second kappa shape index (κ2) is 7.80. The Balaban J connectivity index is 3.38. The molecule has 0 aliphatic heterocycles. The molecule has 14 heavy (non-hydrogen) atoms. The van der Waals surface area contributed by atoms with E-state index in [4.69, 9.17) is 4.74 Å². The van der Waals surface area contributed by atoms with E-state index in [0.29, 0.717) is 12.6 Å². The number of carbonyl (C=O) groups is 1. The number of esters is 1. The summed E-state index contributed by atoms with van der Waals surface area (Å²) in [6.07, 6.45) is 2.06. The maximum absolute atomic E-state index is 10.5. The summed E-state index contributed by atoms with van der Waals surface area (Å²) < 4.78 is 4.86. The minimum Gasteiger partial charge on any atom is -0.466 e. The van der Waals surface area contributed by atoms with Crippen LogP contribution in [-0.2, 0) is 9.53 Å². The van der Waals surface area contributed by atoms with Crippen LogP contribution >= 0.6 is 0 Å². The van der Waals surface area contributed by atoms with E-state index < -0.39 is 0 Å². The molecular formula is C11H23NO2. The van der Waals surface area contributed by atoms with Crippen LogP contribution in [0, 0.1) is 0 Å². The van der Waals surface area contributed by atoms with Gasteiger partial charge in [0.25, 0.3) is 0 Å². The molecule has 0 aliphatic rings. The summed E-state index contributed by atoms with van der Waals surface area (Å²) in [6, 6.07) is 0.605. The predicted octanol–water partition coefficient (Wildman–Crippen LogP) is 2.06.